The Morgan fingerprint density at radius 3 is 2.76 bits per heavy atom. The first kappa shape index (κ1) is 13.5. The molecule has 0 bridgehead atoms. The number of benzene rings is 2. The summed E-state index contributed by atoms with van der Waals surface area (Å²) in [5.74, 6) is 0.394. The second kappa shape index (κ2) is 5.89. The fraction of sp³-hybridized carbons (Fsp3) is 0.0625. The maximum atomic E-state index is 11.9. The van der Waals surface area contributed by atoms with E-state index in [1.54, 1.807) is 24.3 Å². The van der Waals surface area contributed by atoms with Crippen LogP contribution in [0, 0.1) is 0 Å². The fourth-order valence-electron chi connectivity index (χ4n) is 2.00. The predicted octanol–water partition coefficient (Wildman–Crippen LogP) is 3.84. The van der Waals surface area contributed by atoms with Gasteiger partial charge in [0.25, 0.3) is 5.91 Å². The van der Waals surface area contributed by atoms with Gasteiger partial charge in [-0.05, 0) is 47.9 Å². The van der Waals surface area contributed by atoms with Crippen LogP contribution in [0.5, 0.6) is 5.75 Å². The van der Waals surface area contributed by atoms with E-state index >= 15 is 0 Å². The van der Waals surface area contributed by atoms with Gasteiger partial charge in [-0.15, -0.1) is 0 Å². The third-order valence-electron chi connectivity index (χ3n) is 3.02. The molecule has 0 aliphatic heterocycles. The fourth-order valence-corrected chi connectivity index (χ4v) is 2.13. The molecule has 2 N–H and O–H groups in total. The van der Waals surface area contributed by atoms with Crippen molar-refractivity contribution in [1.82, 2.24) is 4.98 Å². The largest absolute Gasteiger partial charge is 0.484 e. The van der Waals surface area contributed by atoms with E-state index in [-0.39, 0.29) is 12.5 Å². The summed E-state index contributed by atoms with van der Waals surface area (Å²) in [6.07, 6.45) is 1.86. The Kier molecular flexibility index (Phi) is 3.79. The Morgan fingerprint density at radius 2 is 1.95 bits per heavy atom. The van der Waals surface area contributed by atoms with Gasteiger partial charge in [-0.2, -0.15) is 0 Å². The van der Waals surface area contributed by atoms with Gasteiger partial charge in [-0.25, -0.2) is 0 Å². The van der Waals surface area contributed by atoms with Crippen molar-refractivity contribution < 1.29 is 9.53 Å². The number of aromatic amines is 1. The van der Waals surface area contributed by atoms with E-state index in [1.807, 2.05) is 30.5 Å². The number of hydrogen-bond acceptors (Lipinski definition) is 2. The second-order valence-corrected chi connectivity index (χ2v) is 5.01. The molecule has 0 aliphatic rings. The summed E-state index contributed by atoms with van der Waals surface area (Å²) < 4.78 is 5.39. The monoisotopic (exact) mass is 300 g/mol. The molecule has 21 heavy (non-hydrogen) atoms. The number of H-pyrrole nitrogens is 1. The molecule has 0 unspecified atom stereocenters. The number of halogens is 1. The minimum atomic E-state index is -0.212. The molecule has 0 saturated heterocycles. The number of amides is 1. The molecular formula is C16H13ClN2O2. The summed E-state index contributed by atoms with van der Waals surface area (Å²) in [6.45, 7) is -0.0512. The smallest absolute Gasteiger partial charge is 0.262 e. The zero-order valence-electron chi connectivity index (χ0n) is 11.1. The molecule has 0 atom stereocenters. The van der Waals surface area contributed by atoms with Crippen molar-refractivity contribution in [3.8, 4) is 5.75 Å². The minimum Gasteiger partial charge on any atom is -0.484 e. The minimum absolute atomic E-state index is 0.0512. The average molecular weight is 301 g/mol. The summed E-state index contributed by atoms with van der Waals surface area (Å²) in [4.78, 5) is 15.0. The van der Waals surface area contributed by atoms with Gasteiger partial charge >= 0.3 is 0 Å². The van der Waals surface area contributed by atoms with E-state index in [4.69, 9.17) is 16.3 Å². The summed E-state index contributed by atoms with van der Waals surface area (Å²) in [5.41, 5.74) is 1.71. The Balaban J connectivity index is 1.59. The maximum absolute atomic E-state index is 11.9. The Bertz CT molecular complexity index is 765. The molecule has 1 heterocycles. The van der Waals surface area contributed by atoms with E-state index in [2.05, 4.69) is 10.3 Å². The van der Waals surface area contributed by atoms with Crippen molar-refractivity contribution in [3.63, 3.8) is 0 Å². The molecule has 3 aromatic rings. The number of carbonyl (C=O) groups excluding carboxylic acids is 1. The third kappa shape index (κ3) is 3.35. The van der Waals surface area contributed by atoms with Crippen LogP contribution < -0.4 is 10.1 Å². The van der Waals surface area contributed by atoms with Crippen LogP contribution in [0.4, 0.5) is 5.69 Å². The van der Waals surface area contributed by atoms with Crippen molar-refractivity contribution in [1.29, 1.82) is 0 Å². The molecule has 0 spiro atoms. The average Bonchev–Trinajstić information content (AvgIpc) is 2.94. The van der Waals surface area contributed by atoms with Crippen molar-refractivity contribution in [2.45, 2.75) is 0 Å². The van der Waals surface area contributed by atoms with Crippen LogP contribution in [0.25, 0.3) is 10.9 Å². The summed E-state index contributed by atoms with van der Waals surface area (Å²) >= 11 is 5.78. The summed E-state index contributed by atoms with van der Waals surface area (Å²) in [7, 11) is 0. The van der Waals surface area contributed by atoms with Crippen LogP contribution >= 0.6 is 11.6 Å². The van der Waals surface area contributed by atoms with E-state index < -0.39 is 0 Å². The summed E-state index contributed by atoms with van der Waals surface area (Å²) in [6, 6.07) is 14.5. The van der Waals surface area contributed by atoms with Crippen molar-refractivity contribution in [2.75, 3.05) is 11.9 Å². The molecular weight excluding hydrogens is 288 g/mol. The number of fused-ring (bicyclic) bond motifs is 1. The van der Waals surface area contributed by atoms with Gasteiger partial charge in [-0.3, -0.25) is 4.79 Å². The van der Waals surface area contributed by atoms with Gasteiger partial charge in [0.05, 0.1) is 0 Å². The van der Waals surface area contributed by atoms with Crippen LogP contribution in [0.15, 0.2) is 54.7 Å². The topological polar surface area (TPSA) is 54.1 Å². The molecule has 106 valence electrons. The van der Waals surface area contributed by atoms with Gasteiger partial charge in [-0.1, -0.05) is 17.7 Å². The lowest BCUT2D eigenvalue weighted by molar-refractivity contribution is -0.118. The molecule has 0 fully saturated rings. The van der Waals surface area contributed by atoms with E-state index in [0.717, 1.165) is 16.6 Å². The standard InChI is InChI=1S/C16H13ClN2O2/c17-12-2-5-14(6-3-12)21-10-16(20)19-13-4-1-11-7-8-18-15(11)9-13/h1-9,18H,10H2,(H,19,20). The number of anilines is 1. The lowest BCUT2D eigenvalue weighted by Crippen LogP contribution is -2.20. The zero-order valence-corrected chi connectivity index (χ0v) is 11.9. The number of rotatable bonds is 4. The maximum Gasteiger partial charge on any atom is 0.262 e. The molecule has 4 nitrogen and oxygen atoms in total. The number of aromatic nitrogens is 1. The van der Waals surface area contributed by atoms with Gasteiger partial charge in [0, 0.05) is 22.4 Å². The highest BCUT2D eigenvalue weighted by Crippen LogP contribution is 2.18. The molecule has 0 saturated carbocycles. The second-order valence-electron chi connectivity index (χ2n) is 4.57. The zero-order chi connectivity index (χ0) is 14.7. The SMILES string of the molecule is O=C(COc1ccc(Cl)cc1)Nc1ccc2cc[nH]c2c1. The first-order valence-electron chi connectivity index (χ1n) is 6.46. The van der Waals surface area contributed by atoms with Crippen molar-refractivity contribution in [2.24, 2.45) is 0 Å². The highest BCUT2D eigenvalue weighted by molar-refractivity contribution is 6.30. The highest BCUT2D eigenvalue weighted by Gasteiger charge is 2.05. The highest BCUT2D eigenvalue weighted by atomic mass is 35.5. The van der Waals surface area contributed by atoms with Gasteiger partial charge in [0.15, 0.2) is 6.61 Å². The number of nitrogens with one attached hydrogen (secondary N) is 2. The lowest BCUT2D eigenvalue weighted by atomic mass is 10.2. The molecule has 0 radical (unpaired) electrons. The van der Waals surface area contributed by atoms with Crippen LogP contribution in [0.3, 0.4) is 0 Å². The van der Waals surface area contributed by atoms with Gasteiger partial charge in [0.1, 0.15) is 5.75 Å². The van der Waals surface area contributed by atoms with E-state index in [1.165, 1.54) is 0 Å². The number of hydrogen-bond donors (Lipinski definition) is 2. The quantitative estimate of drug-likeness (QED) is 0.769. The van der Waals surface area contributed by atoms with Crippen LogP contribution in [-0.2, 0) is 4.79 Å². The van der Waals surface area contributed by atoms with E-state index in [0.29, 0.717) is 10.8 Å². The van der Waals surface area contributed by atoms with E-state index in [9.17, 15) is 4.79 Å². The Labute approximate surface area is 126 Å². The molecule has 1 aromatic heterocycles. The first-order valence-corrected chi connectivity index (χ1v) is 6.84. The molecule has 1 amide bonds. The molecule has 3 rings (SSSR count). The van der Waals surface area contributed by atoms with Crippen LogP contribution in [0.1, 0.15) is 0 Å². The normalized spacial score (nSPS) is 10.5. The molecule has 2 aromatic carbocycles. The molecule has 5 heteroatoms. The summed E-state index contributed by atoms with van der Waals surface area (Å²) in [5, 5.41) is 4.53. The van der Waals surface area contributed by atoms with Crippen molar-refractivity contribution >= 4 is 34.1 Å². The van der Waals surface area contributed by atoms with Gasteiger partial charge in [0.2, 0.25) is 0 Å². The van der Waals surface area contributed by atoms with Gasteiger partial charge < -0.3 is 15.0 Å². The third-order valence-corrected chi connectivity index (χ3v) is 3.27. The Hall–Kier alpha value is -2.46. The molecule has 0 aliphatic carbocycles. The lowest BCUT2D eigenvalue weighted by Gasteiger charge is -2.07. The first-order chi connectivity index (χ1) is 10.2. The Morgan fingerprint density at radius 1 is 1.14 bits per heavy atom. The van der Waals surface area contributed by atoms with Crippen LogP contribution in [-0.4, -0.2) is 17.5 Å². The predicted molar refractivity (Wildman–Crippen MR) is 83.9 cm³/mol. The van der Waals surface area contributed by atoms with Crippen LogP contribution in [0.2, 0.25) is 5.02 Å². The van der Waals surface area contributed by atoms with Crippen molar-refractivity contribution in [3.05, 3.63) is 59.8 Å². The number of ether oxygens (including phenoxy) is 1. The number of carbonyl (C=O) groups is 1.